The van der Waals surface area contributed by atoms with Crippen LogP contribution in [0, 0.1) is 0 Å². The summed E-state index contributed by atoms with van der Waals surface area (Å²) in [6, 6.07) is 0.297. The van der Waals surface area contributed by atoms with Gasteiger partial charge in [-0.05, 0) is 28.8 Å². The fraction of sp³-hybridized carbons (Fsp3) is 0.556. The fourth-order valence-electron chi connectivity index (χ4n) is 1.59. The second kappa shape index (κ2) is 5.42. The maximum absolute atomic E-state index is 5.39. The molecule has 1 unspecified atom stereocenters. The van der Waals surface area contributed by atoms with Crippen LogP contribution in [0.1, 0.15) is 12.8 Å². The number of nitrogens with zero attached hydrogens (tertiary/aromatic N) is 2. The maximum atomic E-state index is 5.39. The third kappa shape index (κ3) is 2.81. The second-order valence-electron chi connectivity index (χ2n) is 3.59. The molecule has 0 radical (unpaired) electrons. The number of aromatic nitrogens is 2. The Balaban J connectivity index is 2.06. The van der Waals surface area contributed by atoms with E-state index in [1.165, 1.54) is 0 Å². The van der Waals surface area contributed by atoms with Crippen molar-refractivity contribution in [3.63, 3.8) is 0 Å². The minimum atomic E-state index is 0.297. The fourth-order valence-corrected chi connectivity index (χ4v) is 1.89. The van der Waals surface area contributed by atoms with E-state index in [2.05, 4.69) is 36.6 Å². The van der Waals surface area contributed by atoms with Crippen molar-refractivity contribution in [2.75, 3.05) is 24.0 Å². The first-order valence-corrected chi connectivity index (χ1v) is 5.92. The van der Waals surface area contributed by atoms with Gasteiger partial charge in [0.05, 0.1) is 17.1 Å². The zero-order valence-electron chi connectivity index (χ0n) is 8.74. The van der Waals surface area contributed by atoms with Crippen LogP contribution < -0.4 is 16.6 Å². The van der Waals surface area contributed by atoms with E-state index in [0.29, 0.717) is 18.6 Å². The summed E-state index contributed by atoms with van der Waals surface area (Å²) in [7, 11) is 0. The lowest BCUT2D eigenvalue weighted by Gasteiger charge is -2.24. The van der Waals surface area contributed by atoms with Crippen LogP contribution >= 0.6 is 15.9 Å². The third-order valence-electron chi connectivity index (χ3n) is 2.37. The topological polar surface area (TPSA) is 85.1 Å². The molecule has 1 aromatic rings. The van der Waals surface area contributed by atoms with E-state index in [1.54, 1.807) is 6.20 Å². The minimum Gasteiger partial charge on any atom is -0.379 e. The van der Waals surface area contributed by atoms with Gasteiger partial charge < -0.3 is 10.1 Å². The van der Waals surface area contributed by atoms with Crippen molar-refractivity contribution in [2.45, 2.75) is 18.9 Å². The number of ether oxygens (including phenoxy) is 1. The maximum Gasteiger partial charge on any atom is 0.239 e. The van der Waals surface area contributed by atoms with Crippen LogP contribution in [-0.4, -0.2) is 29.2 Å². The molecule has 0 amide bonds. The minimum absolute atomic E-state index is 0.297. The number of nitrogens with one attached hydrogen (secondary N) is 2. The molecule has 1 aliphatic rings. The molecule has 1 fully saturated rings. The van der Waals surface area contributed by atoms with Crippen molar-refractivity contribution in [2.24, 2.45) is 5.84 Å². The highest BCUT2D eigenvalue weighted by Crippen LogP contribution is 2.22. The number of halogens is 1. The Morgan fingerprint density at radius 1 is 1.56 bits per heavy atom. The van der Waals surface area contributed by atoms with Gasteiger partial charge >= 0.3 is 0 Å². The average molecular weight is 288 g/mol. The Kier molecular flexibility index (Phi) is 3.92. The molecule has 1 atom stereocenters. The monoisotopic (exact) mass is 287 g/mol. The van der Waals surface area contributed by atoms with Crippen LogP contribution in [-0.2, 0) is 4.74 Å². The first kappa shape index (κ1) is 11.6. The van der Waals surface area contributed by atoms with Crippen LogP contribution in [0.2, 0.25) is 0 Å². The molecule has 2 rings (SSSR count). The van der Waals surface area contributed by atoms with E-state index in [-0.39, 0.29) is 0 Å². The summed E-state index contributed by atoms with van der Waals surface area (Å²) < 4.78 is 6.21. The van der Waals surface area contributed by atoms with Crippen LogP contribution in [0.15, 0.2) is 10.7 Å². The highest BCUT2D eigenvalue weighted by molar-refractivity contribution is 9.10. The van der Waals surface area contributed by atoms with E-state index in [0.717, 1.165) is 29.7 Å². The number of rotatable bonds is 3. The molecule has 7 heteroatoms. The summed E-state index contributed by atoms with van der Waals surface area (Å²) in [4.78, 5) is 8.21. The van der Waals surface area contributed by atoms with Gasteiger partial charge in [0.25, 0.3) is 0 Å². The SMILES string of the molecule is NNc1ncc(Br)c(NC2CCCOC2)n1. The smallest absolute Gasteiger partial charge is 0.239 e. The molecule has 2 heterocycles. The van der Waals surface area contributed by atoms with E-state index >= 15 is 0 Å². The molecule has 1 saturated heterocycles. The van der Waals surface area contributed by atoms with Crippen molar-refractivity contribution < 1.29 is 4.74 Å². The van der Waals surface area contributed by atoms with E-state index in [9.17, 15) is 0 Å². The molecule has 1 aliphatic heterocycles. The zero-order valence-corrected chi connectivity index (χ0v) is 10.3. The largest absolute Gasteiger partial charge is 0.379 e. The number of hydrazine groups is 1. The Morgan fingerprint density at radius 3 is 3.12 bits per heavy atom. The molecular formula is C9H14BrN5O. The summed E-state index contributed by atoms with van der Waals surface area (Å²) in [5.41, 5.74) is 2.42. The van der Waals surface area contributed by atoms with Gasteiger partial charge in [0.2, 0.25) is 5.95 Å². The van der Waals surface area contributed by atoms with Gasteiger partial charge in [-0.25, -0.2) is 10.8 Å². The second-order valence-corrected chi connectivity index (χ2v) is 4.45. The molecule has 0 aliphatic carbocycles. The number of hydrogen-bond acceptors (Lipinski definition) is 6. The van der Waals surface area contributed by atoms with Gasteiger partial charge in [-0.3, -0.25) is 5.43 Å². The van der Waals surface area contributed by atoms with Gasteiger partial charge in [0.15, 0.2) is 0 Å². The molecule has 0 bridgehead atoms. The molecule has 0 aromatic carbocycles. The van der Waals surface area contributed by atoms with Gasteiger partial charge in [-0.1, -0.05) is 0 Å². The predicted molar refractivity (Wildman–Crippen MR) is 65.0 cm³/mol. The first-order chi connectivity index (χ1) is 7.79. The van der Waals surface area contributed by atoms with Crippen molar-refractivity contribution in [3.05, 3.63) is 10.7 Å². The van der Waals surface area contributed by atoms with Crippen molar-refractivity contribution in [1.29, 1.82) is 0 Å². The normalized spacial score (nSPS) is 20.5. The molecule has 0 saturated carbocycles. The Morgan fingerprint density at radius 2 is 2.44 bits per heavy atom. The van der Waals surface area contributed by atoms with Crippen molar-refractivity contribution in [3.8, 4) is 0 Å². The molecule has 0 spiro atoms. The summed E-state index contributed by atoms with van der Waals surface area (Å²) in [5, 5.41) is 3.31. The van der Waals surface area contributed by atoms with Gasteiger partial charge in [0.1, 0.15) is 5.82 Å². The van der Waals surface area contributed by atoms with Gasteiger partial charge in [-0.15, -0.1) is 0 Å². The summed E-state index contributed by atoms with van der Waals surface area (Å²) >= 11 is 3.39. The Hall–Kier alpha value is -0.920. The summed E-state index contributed by atoms with van der Waals surface area (Å²) in [6.45, 7) is 1.56. The van der Waals surface area contributed by atoms with Gasteiger partial charge in [-0.2, -0.15) is 4.98 Å². The van der Waals surface area contributed by atoms with Crippen molar-refractivity contribution >= 4 is 27.7 Å². The first-order valence-electron chi connectivity index (χ1n) is 5.13. The zero-order chi connectivity index (χ0) is 11.4. The number of nitrogen functional groups attached to an aromatic ring is 1. The van der Waals surface area contributed by atoms with Crippen LogP contribution in [0.25, 0.3) is 0 Å². The molecule has 6 nitrogen and oxygen atoms in total. The van der Waals surface area contributed by atoms with E-state index in [1.807, 2.05) is 0 Å². The number of hydrogen-bond donors (Lipinski definition) is 3. The average Bonchev–Trinajstić information content (AvgIpc) is 2.33. The summed E-state index contributed by atoms with van der Waals surface area (Å²) in [5.74, 6) is 6.38. The van der Waals surface area contributed by atoms with Crippen molar-refractivity contribution in [1.82, 2.24) is 9.97 Å². The lowest BCUT2D eigenvalue weighted by Crippen LogP contribution is -2.30. The van der Waals surface area contributed by atoms with Crippen LogP contribution in [0.5, 0.6) is 0 Å². The molecule has 16 heavy (non-hydrogen) atoms. The predicted octanol–water partition coefficient (Wildman–Crippen LogP) is 1.12. The Labute approximate surface area is 102 Å². The number of anilines is 2. The Bertz CT molecular complexity index is 356. The van der Waals surface area contributed by atoms with Gasteiger partial charge in [0, 0.05) is 12.8 Å². The lowest BCUT2D eigenvalue weighted by atomic mass is 10.1. The lowest BCUT2D eigenvalue weighted by molar-refractivity contribution is 0.0875. The molecule has 88 valence electrons. The molecule has 1 aromatic heterocycles. The van der Waals surface area contributed by atoms with Crippen LogP contribution in [0.4, 0.5) is 11.8 Å². The molecular weight excluding hydrogens is 274 g/mol. The number of nitrogens with two attached hydrogens (primary N) is 1. The standard InChI is InChI=1S/C9H14BrN5O/c10-7-4-12-9(15-11)14-8(7)13-6-2-1-3-16-5-6/h4,6H,1-3,5,11H2,(H2,12,13,14,15). The molecule has 4 N–H and O–H groups in total. The summed E-state index contributed by atoms with van der Waals surface area (Å²) in [6.07, 6.45) is 3.82. The van der Waals surface area contributed by atoms with E-state index < -0.39 is 0 Å². The highest BCUT2D eigenvalue weighted by atomic mass is 79.9. The van der Waals surface area contributed by atoms with E-state index in [4.69, 9.17) is 10.6 Å². The van der Waals surface area contributed by atoms with Crippen LogP contribution in [0.3, 0.4) is 0 Å². The quantitative estimate of drug-likeness (QED) is 0.571. The highest BCUT2D eigenvalue weighted by Gasteiger charge is 2.15. The third-order valence-corrected chi connectivity index (χ3v) is 2.95.